The number of carbonyl (C=O) groups is 1. The van der Waals surface area contributed by atoms with Crippen LogP contribution in [-0.4, -0.2) is 65.4 Å². The molecule has 0 rings (SSSR count). The fraction of sp³-hybridized carbons (Fsp3) is 0.958. The summed E-state index contributed by atoms with van der Waals surface area (Å²) >= 11 is 0. The molecule has 0 saturated carbocycles. The zero-order chi connectivity index (χ0) is 22.1. The molecule has 0 fully saturated rings. The van der Waals surface area contributed by atoms with Gasteiger partial charge in [0.1, 0.15) is 0 Å². The third kappa shape index (κ3) is 25.3. The zero-order valence-electron chi connectivity index (χ0n) is 20.0. The Morgan fingerprint density at radius 1 is 0.600 bits per heavy atom. The molecule has 0 spiro atoms. The lowest BCUT2D eigenvalue weighted by molar-refractivity contribution is -0.145. The lowest BCUT2D eigenvalue weighted by atomic mass is 10.1. The summed E-state index contributed by atoms with van der Waals surface area (Å²) in [5.41, 5.74) is 0. The van der Waals surface area contributed by atoms with E-state index < -0.39 is 0 Å². The minimum Gasteiger partial charge on any atom is -0.465 e. The van der Waals surface area contributed by atoms with Crippen molar-refractivity contribution >= 4 is 5.97 Å². The van der Waals surface area contributed by atoms with E-state index in [-0.39, 0.29) is 5.97 Å². The third-order valence-corrected chi connectivity index (χ3v) is 4.51. The fourth-order valence-electron chi connectivity index (χ4n) is 2.75. The Kier molecular flexibility index (Phi) is 24.0. The standard InChI is InChI=1S/C24H48O6/c1-4-5-6-7-8-9-10-11-14-26-16-18-28-20-21-29-19-17-27-15-12-13-24(25)30-22-23(2)3/h23H,4-22H2,1-3H3. The van der Waals surface area contributed by atoms with Crippen molar-refractivity contribution in [3.8, 4) is 0 Å². The molecular formula is C24H48O6. The number of esters is 1. The molecule has 30 heavy (non-hydrogen) atoms. The second-order valence-electron chi connectivity index (χ2n) is 8.10. The van der Waals surface area contributed by atoms with Crippen LogP contribution in [0.5, 0.6) is 0 Å². The number of ether oxygens (including phenoxy) is 5. The van der Waals surface area contributed by atoms with E-state index in [2.05, 4.69) is 6.92 Å². The maximum Gasteiger partial charge on any atom is 0.305 e. The molecule has 0 aromatic heterocycles. The topological polar surface area (TPSA) is 63.2 Å². The van der Waals surface area contributed by atoms with E-state index in [1.54, 1.807) is 0 Å². The van der Waals surface area contributed by atoms with Crippen molar-refractivity contribution in [2.45, 2.75) is 85.0 Å². The van der Waals surface area contributed by atoms with Gasteiger partial charge in [0, 0.05) is 19.6 Å². The van der Waals surface area contributed by atoms with Gasteiger partial charge < -0.3 is 23.7 Å². The van der Waals surface area contributed by atoms with E-state index in [0.717, 1.165) is 13.0 Å². The van der Waals surface area contributed by atoms with E-state index in [9.17, 15) is 4.79 Å². The van der Waals surface area contributed by atoms with Crippen LogP contribution < -0.4 is 0 Å². The molecule has 0 N–H and O–H groups in total. The maximum absolute atomic E-state index is 11.4. The van der Waals surface area contributed by atoms with E-state index >= 15 is 0 Å². The molecule has 0 aliphatic carbocycles. The minimum atomic E-state index is -0.150. The summed E-state index contributed by atoms with van der Waals surface area (Å²) < 4.78 is 27.1. The summed E-state index contributed by atoms with van der Waals surface area (Å²) in [5.74, 6) is 0.223. The van der Waals surface area contributed by atoms with Gasteiger partial charge in [0.15, 0.2) is 0 Å². The Morgan fingerprint density at radius 3 is 1.53 bits per heavy atom. The van der Waals surface area contributed by atoms with Crippen LogP contribution in [0.15, 0.2) is 0 Å². The maximum atomic E-state index is 11.4. The highest BCUT2D eigenvalue weighted by atomic mass is 16.6. The number of hydrogen-bond acceptors (Lipinski definition) is 6. The first-order valence-corrected chi connectivity index (χ1v) is 12.1. The molecule has 0 amide bonds. The van der Waals surface area contributed by atoms with Gasteiger partial charge in [-0.3, -0.25) is 4.79 Å². The van der Waals surface area contributed by atoms with Crippen LogP contribution in [0, 0.1) is 5.92 Å². The van der Waals surface area contributed by atoms with Gasteiger partial charge in [-0.2, -0.15) is 0 Å². The summed E-state index contributed by atoms with van der Waals surface area (Å²) in [7, 11) is 0. The van der Waals surface area contributed by atoms with Gasteiger partial charge in [-0.15, -0.1) is 0 Å². The smallest absolute Gasteiger partial charge is 0.305 e. The highest BCUT2D eigenvalue weighted by Gasteiger charge is 2.04. The molecule has 0 aromatic rings. The number of hydrogen-bond donors (Lipinski definition) is 0. The van der Waals surface area contributed by atoms with Crippen molar-refractivity contribution in [3.05, 3.63) is 0 Å². The van der Waals surface area contributed by atoms with Gasteiger partial charge in [-0.1, -0.05) is 65.7 Å². The lowest BCUT2D eigenvalue weighted by Gasteiger charge is -2.08. The molecular weight excluding hydrogens is 384 g/mol. The average Bonchev–Trinajstić information content (AvgIpc) is 2.73. The molecule has 6 heteroatoms. The largest absolute Gasteiger partial charge is 0.465 e. The first-order chi connectivity index (χ1) is 14.7. The molecule has 6 nitrogen and oxygen atoms in total. The second kappa shape index (κ2) is 24.6. The SMILES string of the molecule is CCCCCCCCCCOCCOCCOCCOCCCC(=O)OCC(C)C. The molecule has 0 unspecified atom stereocenters. The normalized spacial score (nSPS) is 11.3. The van der Waals surface area contributed by atoms with Gasteiger partial charge in [-0.05, 0) is 18.8 Å². The van der Waals surface area contributed by atoms with Crippen LogP contribution in [0.2, 0.25) is 0 Å². The van der Waals surface area contributed by atoms with Crippen molar-refractivity contribution in [3.63, 3.8) is 0 Å². The second-order valence-corrected chi connectivity index (χ2v) is 8.10. The van der Waals surface area contributed by atoms with Gasteiger partial charge in [0.25, 0.3) is 0 Å². The number of carbonyl (C=O) groups excluding carboxylic acids is 1. The van der Waals surface area contributed by atoms with E-state index in [1.807, 2.05) is 13.8 Å². The third-order valence-electron chi connectivity index (χ3n) is 4.51. The van der Waals surface area contributed by atoms with Crippen molar-refractivity contribution in [2.24, 2.45) is 5.92 Å². The van der Waals surface area contributed by atoms with Crippen LogP contribution in [0.4, 0.5) is 0 Å². The molecule has 0 radical (unpaired) electrons. The quantitative estimate of drug-likeness (QED) is 0.155. The van der Waals surface area contributed by atoms with Gasteiger partial charge >= 0.3 is 5.97 Å². The zero-order valence-corrected chi connectivity index (χ0v) is 20.0. The number of unbranched alkanes of at least 4 members (excludes halogenated alkanes) is 7. The first-order valence-electron chi connectivity index (χ1n) is 12.1. The van der Waals surface area contributed by atoms with Gasteiger partial charge in [-0.25, -0.2) is 0 Å². The molecule has 0 heterocycles. The van der Waals surface area contributed by atoms with Gasteiger partial charge in [0.05, 0.1) is 46.2 Å². The molecule has 0 atom stereocenters. The molecule has 0 saturated heterocycles. The summed E-state index contributed by atoms with van der Waals surface area (Å²) in [6.07, 6.45) is 11.7. The average molecular weight is 433 g/mol. The molecule has 0 aliphatic heterocycles. The monoisotopic (exact) mass is 432 g/mol. The Balaban J connectivity index is 3.07. The van der Waals surface area contributed by atoms with Crippen LogP contribution >= 0.6 is 0 Å². The van der Waals surface area contributed by atoms with Crippen molar-refractivity contribution < 1.29 is 28.5 Å². The van der Waals surface area contributed by atoms with E-state index in [0.29, 0.717) is 71.6 Å². The summed E-state index contributed by atoms with van der Waals surface area (Å²) in [6.45, 7) is 11.6. The van der Waals surface area contributed by atoms with E-state index in [1.165, 1.54) is 44.9 Å². The Morgan fingerprint density at radius 2 is 1.03 bits per heavy atom. The van der Waals surface area contributed by atoms with Crippen LogP contribution in [0.3, 0.4) is 0 Å². The molecule has 180 valence electrons. The fourth-order valence-corrected chi connectivity index (χ4v) is 2.75. The van der Waals surface area contributed by atoms with Crippen molar-refractivity contribution in [2.75, 3.05) is 59.5 Å². The lowest BCUT2D eigenvalue weighted by Crippen LogP contribution is -2.13. The highest BCUT2D eigenvalue weighted by molar-refractivity contribution is 5.69. The molecule has 0 aromatic carbocycles. The van der Waals surface area contributed by atoms with Crippen LogP contribution in [0.1, 0.15) is 85.0 Å². The molecule has 0 bridgehead atoms. The predicted molar refractivity (Wildman–Crippen MR) is 121 cm³/mol. The summed E-state index contributed by atoms with van der Waals surface area (Å²) in [6, 6.07) is 0. The van der Waals surface area contributed by atoms with Crippen molar-refractivity contribution in [1.82, 2.24) is 0 Å². The van der Waals surface area contributed by atoms with Crippen molar-refractivity contribution in [1.29, 1.82) is 0 Å². The molecule has 0 aliphatic rings. The Labute approximate surface area is 185 Å². The predicted octanol–water partition coefficient (Wildman–Crippen LogP) is 5.17. The summed E-state index contributed by atoms with van der Waals surface area (Å²) in [4.78, 5) is 11.4. The van der Waals surface area contributed by atoms with Gasteiger partial charge in [0.2, 0.25) is 0 Å². The van der Waals surface area contributed by atoms with Crippen LogP contribution in [-0.2, 0) is 28.5 Å². The minimum absolute atomic E-state index is 0.150. The highest BCUT2D eigenvalue weighted by Crippen LogP contribution is 2.08. The Hall–Kier alpha value is -0.690. The van der Waals surface area contributed by atoms with E-state index in [4.69, 9.17) is 23.7 Å². The number of rotatable bonds is 24. The Bertz CT molecular complexity index is 349. The van der Waals surface area contributed by atoms with Crippen LogP contribution in [0.25, 0.3) is 0 Å². The summed E-state index contributed by atoms with van der Waals surface area (Å²) in [5, 5.41) is 0. The first kappa shape index (κ1) is 29.3.